The lowest BCUT2D eigenvalue weighted by atomic mass is 10.2. The minimum Gasteiger partial charge on any atom is -0.374 e. The summed E-state index contributed by atoms with van der Waals surface area (Å²) in [5, 5.41) is 7.51. The van der Waals surface area contributed by atoms with Crippen LogP contribution in [0, 0.1) is 0 Å². The van der Waals surface area contributed by atoms with Crippen LogP contribution in [0.4, 0.5) is 5.69 Å². The highest BCUT2D eigenvalue weighted by molar-refractivity contribution is 6.35. The van der Waals surface area contributed by atoms with Gasteiger partial charge in [0.05, 0.1) is 22.8 Å². The molecule has 106 valence electrons. The first kappa shape index (κ1) is 14.6. The number of nitrogens with zero attached hydrogens (tertiary/aromatic N) is 1. The third-order valence-corrected chi connectivity index (χ3v) is 3.34. The molecular weight excluding hydrogens is 274 g/mol. The van der Waals surface area contributed by atoms with Crippen molar-refractivity contribution in [3.63, 3.8) is 0 Å². The van der Waals surface area contributed by atoms with Crippen molar-refractivity contribution in [1.82, 2.24) is 10.3 Å². The highest BCUT2D eigenvalue weighted by atomic mass is 35.5. The molecule has 0 aliphatic rings. The predicted octanol–water partition coefficient (Wildman–Crippen LogP) is 3.22. The fraction of sp³-hybridized carbons (Fsp3) is 0.333. The lowest BCUT2D eigenvalue weighted by Gasteiger charge is -2.10. The molecule has 1 aromatic carbocycles. The summed E-state index contributed by atoms with van der Waals surface area (Å²) < 4.78 is 0. The second-order valence-corrected chi connectivity index (χ2v) is 4.96. The van der Waals surface area contributed by atoms with Crippen LogP contribution in [0.25, 0.3) is 10.9 Å². The number of anilines is 1. The zero-order chi connectivity index (χ0) is 14.4. The van der Waals surface area contributed by atoms with Crippen molar-refractivity contribution in [1.29, 1.82) is 0 Å². The van der Waals surface area contributed by atoms with Crippen LogP contribution in [0.1, 0.15) is 19.8 Å². The van der Waals surface area contributed by atoms with Gasteiger partial charge in [-0.15, -0.1) is 0 Å². The van der Waals surface area contributed by atoms with Gasteiger partial charge in [0, 0.05) is 18.1 Å². The summed E-state index contributed by atoms with van der Waals surface area (Å²) in [5.74, 6) is -0.0162. The van der Waals surface area contributed by atoms with Crippen LogP contribution in [0.2, 0.25) is 5.02 Å². The molecule has 2 N–H and O–H groups in total. The summed E-state index contributed by atoms with van der Waals surface area (Å²) in [5.41, 5.74) is 1.59. The molecule has 1 heterocycles. The summed E-state index contributed by atoms with van der Waals surface area (Å²) >= 11 is 6.13. The summed E-state index contributed by atoms with van der Waals surface area (Å²) in [6.45, 7) is 3.05. The molecule has 0 fully saturated rings. The number of fused-ring (bicyclic) bond motifs is 1. The van der Waals surface area contributed by atoms with Crippen molar-refractivity contribution in [2.75, 3.05) is 18.4 Å². The second-order valence-electron chi connectivity index (χ2n) is 4.55. The van der Waals surface area contributed by atoms with Crippen LogP contribution >= 0.6 is 11.6 Å². The van der Waals surface area contributed by atoms with Gasteiger partial charge in [0.2, 0.25) is 5.91 Å². The van der Waals surface area contributed by atoms with Gasteiger partial charge in [0.1, 0.15) is 0 Å². The van der Waals surface area contributed by atoms with Crippen molar-refractivity contribution in [3.05, 3.63) is 35.5 Å². The number of unbranched alkanes of at least 4 members (excludes halogenated alkanes) is 1. The van der Waals surface area contributed by atoms with Gasteiger partial charge in [-0.25, -0.2) is 0 Å². The maximum Gasteiger partial charge on any atom is 0.239 e. The molecular formula is C15H18ClN3O. The van der Waals surface area contributed by atoms with Crippen LogP contribution in [-0.2, 0) is 4.79 Å². The largest absolute Gasteiger partial charge is 0.374 e. The Kier molecular flexibility index (Phi) is 5.18. The summed E-state index contributed by atoms with van der Waals surface area (Å²) in [6.07, 6.45) is 3.78. The van der Waals surface area contributed by atoms with E-state index in [1.54, 1.807) is 6.20 Å². The molecule has 2 rings (SSSR count). The fourth-order valence-corrected chi connectivity index (χ4v) is 2.14. The molecule has 20 heavy (non-hydrogen) atoms. The number of halogens is 1. The summed E-state index contributed by atoms with van der Waals surface area (Å²) in [4.78, 5) is 16.0. The van der Waals surface area contributed by atoms with Gasteiger partial charge in [-0.05, 0) is 30.7 Å². The molecule has 0 atom stereocenters. The summed E-state index contributed by atoms with van der Waals surface area (Å²) in [7, 11) is 0. The number of aromatic nitrogens is 1. The molecule has 0 saturated carbocycles. The van der Waals surface area contributed by atoms with Crippen molar-refractivity contribution < 1.29 is 4.79 Å². The topological polar surface area (TPSA) is 54.0 Å². The lowest BCUT2D eigenvalue weighted by molar-refractivity contribution is -0.119. The van der Waals surface area contributed by atoms with Gasteiger partial charge in [-0.1, -0.05) is 24.9 Å². The van der Waals surface area contributed by atoms with Gasteiger partial charge in [0.25, 0.3) is 0 Å². The zero-order valence-electron chi connectivity index (χ0n) is 11.4. The fourth-order valence-electron chi connectivity index (χ4n) is 1.92. The molecule has 1 amide bonds. The average molecular weight is 292 g/mol. The van der Waals surface area contributed by atoms with E-state index in [2.05, 4.69) is 22.5 Å². The second kappa shape index (κ2) is 7.10. The molecule has 0 radical (unpaired) electrons. The van der Waals surface area contributed by atoms with Gasteiger partial charge in [-0.2, -0.15) is 0 Å². The Morgan fingerprint density at radius 3 is 3.00 bits per heavy atom. The van der Waals surface area contributed by atoms with Crippen LogP contribution in [0.3, 0.4) is 0 Å². The number of amides is 1. The molecule has 0 aliphatic carbocycles. The Bertz CT molecular complexity index is 601. The van der Waals surface area contributed by atoms with E-state index in [4.69, 9.17) is 11.6 Å². The van der Waals surface area contributed by atoms with E-state index in [1.165, 1.54) is 0 Å². The number of hydrogen-bond donors (Lipinski definition) is 2. The number of rotatable bonds is 6. The molecule has 5 heteroatoms. The number of carbonyl (C=O) groups is 1. The van der Waals surface area contributed by atoms with Gasteiger partial charge in [-0.3, -0.25) is 9.78 Å². The Balaban J connectivity index is 2.03. The number of benzene rings is 1. The van der Waals surface area contributed by atoms with E-state index in [0.717, 1.165) is 36.0 Å². The minimum absolute atomic E-state index is 0.0162. The Hall–Kier alpha value is -1.81. The summed E-state index contributed by atoms with van der Waals surface area (Å²) in [6, 6.07) is 7.41. The van der Waals surface area contributed by atoms with Gasteiger partial charge in [0.15, 0.2) is 0 Å². The van der Waals surface area contributed by atoms with Crippen LogP contribution < -0.4 is 10.6 Å². The van der Waals surface area contributed by atoms with Gasteiger partial charge < -0.3 is 10.6 Å². The molecule has 0 spiro atoms. The van der Waals surface area contributed by atoms with E-state index < -0.39 is 0 Å². The van der Waals surface area contributed by atoms with Crippen LogP contribution in [-0.4, -0.2) is 24.0 Å². The minimum atomic E-state index is -0.0162. The number of pyridine rings is 1. The van der Waals surface area contributed by atoms with Gasteiger partial charge >= 0.3 is 0 Å². The Labute approximate surface area is 123 Å². The lowest BCUT2D eigenvalue weighted by Crippen LogP contribution is -2.30. The highest BCUT2D eigenvalue weighted by Gasteiger charge is 2.07. The first-order valence-corrected chi connectivity index (χ1v) is 7.14. The van der Waals surface area contributed by atoms with E-state index in [1.807, 2.05) is 24.3 Å². The first-order chi connectivity index (χ1) is 9.72. The standard InChI is InChI=1S/C15H18ClN3O/c1-2-3-8-17-14(20)10-19-13-7-6-12(16)11-5-4-9-18-15(11)13/h4-7,9,19H,2-3,8,10H2,1H3,(H,17,20). The predicted molar refractivity (Wildman–Crippen MR) is 83.2 cm³/mol. The zero-order valence-corrected chi connectivity index (χ0v) is 12.2. The third-order valence-electron chi connectivity index (χ3n) is 3.01. The molecule has 0 unspecified atom stereocenters. The molecule has 1 aromatic heterocycles. The van der Waals surface area contributed by atoms with Crippen molar-refractivity contribution in [2.24, 2.45) is 0 Å². The molecule has 0 aliphatic heterocycles. The number of carbonyl (C=O) groups excluding carboxylic acids is 1. The quantitative estimate of drug-likeness (QED) is 0.804. The molecule has 0 bridgehead atoms. The third kappa shape index (κ3) is 3.61. The maximum absolute atomic E-state index is 11.7. The molecule has 4 nitrogen and oxygen atoms in total. The molecule has 2 aromatic rings. The van der Waals surface area contributed by atoms with Crippen LogP contribution in [0.5, 0.6) is 0 Å². The first-order valence-electron chi connectivity index (χ1n) is 6.76. The Morgan fingerprint density at radius 1 is 1.35 bits per heavy atom. The van der Waals surface area contributed by atoms with E-state index >= 15 is 0 Å². The van der Waals surface area contributed by atoms with Crippen LogP contribution in [0.15, 0.2) is 30.5 Å². The maximum atomic E-state index is 11.7. The Morgan fingerprint density at radius 2 is 2.20 bits per heavy atom. The smallest absolute Gasteiger partial charge is 0.239 e. The van der Waals surface area contributed by atoms with Crippen molar-refractivity contribution in [3.8, 4) is 0 Å². The average Bonchev–Trinajstić information content (AvgIpc) is 2.47. The normalized spacial score (nSPS) is 10.5. The van der Waals surface area contributed by atoms with E-state index in [-0.39, 0.29) is 12.5 Å². The SMILES string of the molecule is CCCCNC(=O)CNc1ccc(Cl)c2cccnc12. The van der Waals surface area contributed by atoms with E-state index in [9.17, 15) is 4.79 Å². The number of hydrogen-bond acceptors (Lipinski definition) is 3. The van der Waals surface area contributed by atoms with Crippen molar-refractivity contribution in [2.45, 2.75) is 19.8 Å². The monoisotopic (exact) mass is 291 g/mol. The van der Waals surface area contributed by atoms with E-state index in [0.29, 0.717) is 5.02 Å². The molecule has 0 saturated heterocycles. The number of nitrogens with one attached hydrogen (secondary N) is 2. The highest BCUT2D eigenvalue weighted by Crippen LogP contribution is 2.27. The van der Waals surface area contributed by atoms with Crippen molar-refractivity contribution >= 4 is 34.1 Å².